The van der Waals surface area contributed by atoms with Gasteiger partial charge in [-0.1, -0.05) is 53.0 Å². The van der Waals surface area contributed by atoms with Crippen molar-refractivity contribution in [2.75, 3.05) is 10.6 Å². The minimum absolute atomic E-state index is 0.400. The lowest BCUT2D eigenvalue weighted by Crippen LogP contribution is -2.19. The molecule has 0 saturated heterocycles. The molecule has 19 heavy (non-hydrogen) atoms. The van der Waals surface area contributed by atoms with Crippen LogP contribution in [0.25, 0.3) is 0 Å². The number of rotatable bonds is 2. The molecule has 0 spiro atoms. The summed E-state index contributed by atoms with van der Waals surface area (Å²) in [6, 6.07) is 12.7. The van der Waals surface area contributed by atoms with Gasteiger partial charge in [-0.15, -0.1) is 0 Å². The first-order chi connectivity index (χ1) is 9.06. The van der Waals surface area contributed by atoms with Crippen LogP contribution < -0.4 is 10.6 Å². The summed E-state index contributed by atoms with van der Waals surface area (Å²) in [6.45, 7) is 0. The highest BCUT2D eigenvalue weighted by Gasteiger charge is 2.09. The zero-order valence-corrected chi connectivity index (χ0v) is 12.7. The molecular weight excluding hydrogens is 323 g/mol. The van der Waals surface area contributed by atoms with Gasteiger partial charge in [0.05, 0.1) is 15.7 Å². The molecule has 0 aliphatic carbocycles. The Balaban J connectivity index is 2.12. The average molecular weight is 332 g/mol. The van der Waals surface area contributed by atoms with Crippen LogP contribution in [0.2, 0.25) is 15.1 Å². The minimum atomic E-state index is 0.400. The molecule has 0 radical (unpaired) electrons. The fourth-order valence-corrected chi connectivity index (χ4v) is 2.59. The van der Waals surface area contributed by atoms with Gasteiger partial charge < -0.3 is 10.6 Å². The monoisotopic (exact) mass is 330 g/mol. The van der Waals surface area contributed by atoms with Crippen molar-refractivity contribution < 1.29 is 0 Å². The molecule has 2 nitrogen and oxygen atoms in total. The SMILES string of the molecule is S=C(Nc1ccccc1)Nc1c(Cl)cc(Cl)cc1Cl. The molecule has 0 amide bonds. The second-order valence-corrected chi connectivity index (χ2v) is 5.35. The van der Waals surface area contributed by atoms with E-state index in [4.69, 9.17) is 47.0 Å². The number of nitrogens with one attached hydrogen (secondary N) is 2. The summed E-state index contributed by atoms with van der Waals surface area (Å²) in [7, 11) is 0. The van der Waals surface area contributed by atoms with E-state index in [9.17, 15) is 0 Å². The van der Waals surface area contributed by atoms with Crippen LogP contribution in [0.1, 0.15) is 0 Å². The number of halogens is 3. The first-order valence-corrected chi connectivity index (χ1v) is 6.88. The Hall–Kier alpha value is -1.000. The zero-order valence-electron chi connectivity index (χ0n) is 9.58. The van der Waals surface area contributed by atoms with Crippen molar-refractivity contribution in [1.82, 2.24) is 0 Å². The normalized spacial score (nSPS) is 10.1. The van der Waals surface area contributed by atoms with Crippen molar-refractivity contribution in [1.29, 1.82) is 0 Å². The van der Waals surface area contributed by atoms with E-state index in [1.54, 1.807) is 12.1 Å². The van der Waals surface area contributed by atoms with Crippen molar-refractivity contribution >= 4 is 63.5 Å². The number of para-hydroxylation sites is 1. The number of benzene rings is 2. The molecule has 0 saturated carbocycles. The van der Waals surface area contributed by atoms with E-state index in [2.05, 4.69) is 10.6 Å². The Kier molecular flexibility index (Phi) is 4.88. The van der Waals surface area contributed by atoms with Crippen LogP contribution in [0.4, 0.5) is 11.4 Å². The van der Waals surface area contributed by atoms with E-state index in [1.165, 1.54) is 0 Å². The molecule has 6 heteroatoms. The molecule has 2 N–H and O–H groups in total. The fourth-order valence-electron chi connectivity index (χ4n) is 1.46. The van der Waals surface area contributed by atoms with Crippen molar-refractivity contribution in [3.05, 3.63) is 57.5 Å². The smallest absolute Gasteiger partial charge is 0.175 e. The highest BCUT2D eigenvalue weighted by Crippen LogP contribution is 2.33. The molecule has 0 heterocycles. The van der Waals surface area contributed by atoms with E-state index in [1.807, 2.05) is 30.3 Å². The summed E-state index contributed by atoms with van der Waals surface area (Å²) in [5, 5.41) is 7.68. The maximum absolute atomic E-state index is 6.06. The van der Waals surface area contributed by atoms with Crippen LogP contribution >= 0.6 is 47.0 Å². The lowest BCUT2D eigenvalue weighted by atomic mass is 10.3. The Morgan fingerprint density at radius 3 is 2.05 bits per heavy atom. The van der Waals surface area contributed by atoms with Crippen LogP contribution in [0.3, 0.4) is 0 Å². The van der Waals surface area contributed by atoms with Gasteiger partial charge in [0, 0.05) is 10.7 Å². The molecule has 0 aliphatic rings. The van der Waals surface area contributed by atoms with Crippen LogP contribution in [-0.2, 0) is 0 Å². The van der Waals surface area contributed by atoms with Crippen molar-refractivity contribution in [3.63, 3.8) is 0 Å². The summed E-state index contributed by atoms with van der Waals surface area (Å²) in [5.74, 6) is 0. The molecular formula is C13H9Cl3N2S. The van der Waals surface area contributed by atoms with Gasteiger partial charge in [-0.25, -0.2) is 0 Å². The molecule has 98 valence electrons. The number of hydrogen-bond acceptors (Lipinski definition) is 1. The average Bonchev–Trinajstić information content (AvgIpc) is 2.35. The summed E-state index contributed by atoms with van der Waals surface area (Å²) in [5.41, 5.74) is 1.40. The molecule has 0 aromatic heterocycles. The summed E-state index contributed by atoms with van der Waals surface area (Å²) in [4.78, 5) is 0. The molecule has 0 unspecified atom stereocenters. The van der Waals surface area contributed by atoms with Gasteiger partial charge >= 0.3 is 0 Å². The number of anilines is 2. The Morgan fingerprint density at radius 2 is 1.47 bits per heavy atom. The van der Waals surface area contributed by atoms with Crippen molar-refractivity contribution in [2.45, 2.75) is 0 Å². The maximum atomic E-state index is 6.06. The van der Waals surface area contributed by atoms with Crippen LogP contribution in [-0.4, -0.2) is 5.11 Å². The number of thiocarbonyl (C=S) groups is 1. The van der Waals surface area contributed by atoms with E-state index >= 15 is 0 Å². The van der Waals surface area contributed by atoms with Gasteiger partial charge in [0.2, 0.25) is 0 Å². The molecule has 2 aromatic carbocycles. The van der Waals surface area contributed by atoms with Gasteiger partial charge in [-0.2, -0.15) is 0 Å². The first-order valence-electron chi connectivity index (χ1n) is 5.34. The van der Waals surface area contributed by atoms with Crippen molar-refractivity contribution in [2.24, 2.45) is 0 Å². The van der Waals surface area contributed by atoms with Crippen molar-refractivity contribution in [3.8, 4) is 0 Å². The van der Waals surface area contributed by atoms with Crippen LogP contribution in [0.5, 0.6) is 0 Å². The van der Waals surface area contributed by atoms with E-state index in [0.29, 0.717) is 25.9 Å². The molecule has 2 aromatic rings. The van der Waals surface area contributed by atoms with Gasteiger partial charge in [0.1, 0.15) is 0 Å². The lowest BCUT2D eigenvalue weighted by molar-refractivity contribution is 1.59. The highest BCUT2D eigenvalue weighted by atomic mass is 35.5. The van der Waals surface area contributed by atoms with Gasteiger partial charge in [-0.05, 0) is 36.5 Å². The first kappa shape index (κ1) is 14.4. The van der Waals surface area contributed by atoms with Gasteiger partial charge in [0.15, 0.2) is 5.11 Å². The minimum Gasteiger partial charge on any atom is -0.332 e. The quantitative estimate of drug-likeness (QED) is 0.715. The maximum Gasteiger partial charge on any atom is 0.175 e. The summed E-state index contributed by atoms with van der Waals surface area (Å²) >= 11 is 23.2. The fraction of sp³-hybridized carbons (Fsp3) is 0. The summed E-state index contributed by atoms with van der Waals surface area (Å²) in [6.07, 6.45) is 0. The largest absolute Gasteiger partial charge is 0.332 e. The third-order valence-corrected chi connectivity index (χ3v) is 3.30. The molecule has 0 bridgehead atoms. The third kappa shape index (κ3) is 3.98. The highest BCUT2D eigenvalue weighted by molar-refractivity contribution is 7.80. The molecule has 0 fully saturated rings. The third-order valence-electron chi connectivity index (χ3n) is 2.28. The standard InChI is InChI=1S/C13H9Cl3N2S/c14-8-6-10(15)12(11(16)7-8)18-13(19)17-9-4-2-1-3-5-9/h1-7H,(H2,17,18,19). The molecule has 0 aliphatic heterocycles. The topological polar surface area (TPSA) is 24.1 Å². The van der Waals surface area contributed by atoms with E-state index < -0.39 is 0 Å². The van der Waals surface area contributed by atoms with E-state index in [-0.39, 0.29) is 0 Å². The Bertz CT molecular complexity index is 579. The molecule has 0 atom stereocenters. The predicted molar refractivity (Wildman–Crippen MR) is 87.8 cm³/mol. The predicted octanol–water partition coefficient (Wildman–Crippen LogP) is 5.46. The van der Waals surface area contributed by atoms with Crippen LogP contribution in [0.15, 0.2) is 42.5 Å². The lowest BCUT2D eigenvalue weighted by Gasteiger charge is -2.13. The van der Waals surface area contributed by atoms with Gasteiger partial charge in [0.25, 0.3) is 0 Å². The Labute approximate surface area is 131 Å². The van der Waals surface area contributed by atoms with Gasteiger partial charge in [-0.3, -0.25) is 0 Å². The number of hydrogen-bond donors (Lipinski definition) is 2. The Morgan fingerprint density at radius 1 is 0.895 bits per heavy atom. The zero-order chi connectivity index (χ0) is 13.8. The van der Waals surface area contributed by atoms with E-state index in [0.717, 1.165) is 5.69 Å². The second-order valence-electron chi connectivity index (χ2n) is 3.69. The second kappa shape index (κ2) is 6.44. The van der Waals surface area contributed by atoms with Crippen LogP contribution in [0, 0.1) is 0 Å². The summed E-state index contributed by atoms with van der Waals surface area (Å²) < 4.78 is 0. The molecule has 2 rings (SSSR count).